The van der Waals surface area contributed by atoms with E-state index in [1.165, 1.54) is 0 Å². The van der Waals surface area contributed by atoms with Crippen LogP contribution in [0.1, 0.15) is 5.56 Å². The van der Waals surface area contributed by atoms with Crippen molar-refractivity contribution in [2.45, 2.75) is 0 Å². The lowest BCUT2D eigenvalue weighted by Gasteiger charge is -1.98. The summed E-state index contributed by atoms with van der Waals surface area (Å²) >= 11 is 0. The number of nitrogens with two attached hydrogens (primary N) is 2. The zero-order valence-corrected chi connectivity index (χ0v) is 6.27. The van der Waals surface area contributed by atoms with Crippen LogP contribution in [0.4, 0.5) is 5.69 Å². The van der Waals surface area contributed by atoms with Crippen molar-refractivity contribution >= 4 is 11.5 Å². The first-order chi connectivity index (χ1) is 5.74. The van der Waals surface area contributed by atoms with Crippen LogP contribution in [0.3, 0.4) is 0 Å². The molecule has 0 saturated heterocycles. The summed E-state index contributed by atoms with van der Waals surface area (Å²) in [5.74, 6) is 0.0949. The standard InChI is InChI=1S/C7H9N3O2/c8-6-3-1-5(2-4-6)7(9)10-12-11/h1-4,11H,8H2,(H2,9,10). The first kappa shape index (κ1) is 8.35. The smallest absolute Gasteiger partial charge is 0.174 e. The third kappa shape index (κ3) is 1.86. The molecule has 1 aromatic carbocycles. The molecular weight excluding hydrogens is 158 g/mol. The van der Waals surface area contributed by atoms with Crippen LogP contribution in [0.5, 0.6) is 0 Å². The molecule has 0 aliphatic rings. The minimum Gasteiger partial charge on any atom is -0.399 e. The van der Waals surface area contributed by atoms with Gasteiger partial charge in [-0.05, 0) is 29.4 Å². The molecule has 5 N–H and O–H groups in total. The Bertz CT molecular complexity index is 281. The SMILES string of the molecule is N/C(=N\OO)c1ccc(N)cc1. The molecule has 0 saturated carbocycles. The Hall–Kier alpha value is -1.75. The van der Waals surface area contributed by atoms with Crippen LogP contribution in [0.2, 0.25) is 0 Å². The van der Waals surface area contributed by atoms with Gasteiger partial charge in [-0.2, -0.15) is 5.26 Å². The average molecular weight is 167 g/mol. The van der Waals surface area contributed by atoms with Gasteiger partial charge < -0.3 is 11.5 Å². The summed E-state index contributed by atoms with van der Waals surface area (Å²) in [7, 11) is 0. The molecule has 0 radical (unpaired) electrons. The Labute approximate surface area is 69.2 Å². The summed E-state index contributed by atoms with van der Waals surface area (Å²) < 4.78 is 0. The van der Waals surface area contributed by atoms with Gasteiger partial charge in [-0.1, -0.05) is 0 Å². The fraction of sp³-hybridized carbons (Fsp3) is 0. The maximum atomic E-state index is 7.96. The lowest BCUT2D eigenvalue weighted by molar-refractivity contribution is -0.243. The van der Waals surface area contributed by atoms with E-state index < -0.39 is 0 Å². The van der Waals surface area contributed by atoms with Gasteiger partial charge in [0.15, 0.2) is 5.84 Å². The molecule has 0 fully saturated rings. The number of benzene rings is 1. The van der Waals surface area contributed by atoms with Gasteiger partial charge in [0.25, 0.3) is 0 Å². The number of oxime groups is 1. The Morgan fingerprint density at radius 1 is 1.33 bits per heavy atom. The number of anilines is 1. The van der Waals surface area contributed by atoms with Crippen molar-refractivity contribution in [3.63, 3.8) is 0 Å². The molecule has 0 aliphatic carbocycles. The monoisotopic (exact) mass is 167 g/mol. The van der Waals surface area contributed by atoms with Gasteiger partial charge in [0.1, 0.15) is 0 Å². The van der Waals surface area contributed by atoms with Crippen molar-refractivity contribution in [3.05, 3.63) is 29.8 Å². The van der Waals surface area contributed by atoms with Gasteiger partial charge in [-0.3, -0.25) is 0 Å². The van der Waals surface area contributed by atoms with Crippen molar-refractivity contribution in [1.29, 1.82) is 0 Å². The van der Waals surface area contributed by atoms with E-state index in [9.17, 15) is 0 Å². The quantitative estimate of drug-likeness (QED) is 0.195. The van der Waals surface area contributed by atoms with E-state index in [2.05, 4.69) is 10.1 Å². The number of amidine groups is 1. The second-order valence-electron chi connectivity index (χ2n) is 2.18. The summed E-state index contributed by atoms with van der Waals surface area (Å²) in [4.78, 5) is 3.52. The molecule has 12 heavy (non-hydrogen) atoms. The van der Waals surface area contributed by atoms with Gasteiger partial charge in [0.05, 0.1) is 0 Å². The Kier molecular flexibility index (Phi) is 2.49. The normalized spacial score (nSPS) is 11.2. The average Bonchev–Trinajstić information content (AvgIpc) is 2.06. The number of rotatable bonds is 2. The van der Waals surface area contributed by atoms with Crippen molar-refractivity contribution < 1.29 is 10.2 Å². The van der Waals surface area contributed by atoms with E-state index in [0.29, 0.717) is 11.3 Å². The van der Waals surface area contributed by atoms with Crippen LogP contribution >= 0.6 is 0 Å². The number of nitrogens with zero attached hydrogens (tertiary/aromatic N) is 1. The Balaban J connectivity index is 2.89. The second-order valence-corrected chi connectivity index (χ2v) is 2.18. The van der Waals surface area contributed by atoms with E-state index in [1.54, 1.807) is 24.3 Å². The van der Waals surface area contributed by atoms with E-state index in [4.69, 9.17) is 16.7 Å². The van der Waals surface area contributed by atoms with Gasteiger partial charge >= 0.3 is 0 Å². The predicted molar refractivity (Wildman–Crippen MR) is 45.3 cm³/mol. The van der Waals surface area contributed by atoms with E-state index in [0.717, 1.165) is 0 Å². The van der Waals surface area contributed by atoms with Crippen LogP contribution < -0.4 is 11.5 Å². The lowest BCUT2D eigenvalue weighted by Crippen LogP contribution is -2.13. The molecule has 5 heteroatoms. The van der Waals surface area contributed by atoms with E-state index in [1.807, 2.05) is 0 Å². The van der Waals surface area contributed by atoms with Gasteiger partial charge in [0.2, 0.25) is 0 Å². The zero-order chi connectivity index (χ0) is 8.97. The maximum absolute atomic E-state index is 7.96. The van der Waals surface area contributed by atoms with Crippen molar-refractivity contribution in [2.75, 3.05) is 5.73 Å². The molecule has 5 nitrogen and oxygen atoms in total. The van der Waals surface area contributed by atoms with Crippen LogP contribution in [0, 0.1) is 0 Å². The van der Waals surface area contributed by atoms with E-state index >= 15 is 0 Å². The Morgan fingerprint density at radius 3 is 2.42 bits per heavy atom. The maximum Gasteiger partial charge on any atom is 0.174 e. The number of hydrogen-bond acceptors (Lipinski definition) is 4. The van der Waals surface area contributed by atoms with Crippen molar-refractivity contribution in [3.8, 4) is 0 Å². The molecule has 1 rings (SSSR count). The fourth-order valence-electron chi connectivity index (χ4n) is 0.751. The molecule has 0 bridgehead atoms. The predicted octanol–water partition coefficient (Wildman–Crippen LogP) is 0.379. The van der Waals surface area contributed by atoms with Gasteiger partial charge in [-0.15, -0.1) is 0 Å². The summed E-state index contributed by atoms with van der Waals surface area (Å²) in [6.45, 7) is 0. The Morgan fingerprint density at radius 2 is 1.92 bits per heavy atom. The zero-order valence-electron chi connectivity index (χ0n) is 6.27. The highest BCUT2D eigenvalue weighted by atomic mass is 17.2. The molecule has 0 heterocycles. The molecule has 0 aromatic heterocycles. The highest BCUT2D eigenvalue weighted by Crippen LogP contribution is 2.04. The molecule has 0 amide bonds. The van der Waals surface area contributed by atoms with E-state index in [-0.39, 0.29) is 5.84 Å². The topological polar surface area (TPSA) is 93.9 Å². The highest BCUT2D eigenvalue weighted by molar-refractivity contribution is 5.97. The molecule has 1 aromatic rings. The second kappa shape index (κ2) is 3.59. The molecular formula is C7H9N3O2. The van der Waals surface area contributed by atoms with Crippen LogP contribution in [-0.4, -0.2) is 11.1 Å². The number of hydrogen-bond donors (Lipinski definition) is 3. The van der Waals surface area contributed by atoms with Crippen LogP contribution in [-0.2, 0) is 4.99 Å². The highest BCUT2D eigenvalue weighted by Gasteiger charge is 1.97. The third-order valence-corrected chi connectivity index (χ3v) is 1.35. The van der Waals surface area contributed by atoms with Crippen molar-refractivity contribution in [1.82, 2.24) is 0 Å². The molecule has 0 atom stereocenters. The minimum absolute atomic E-state index is 0.0949. The van der Waals surface area contributed by atoms with Gasteiger partial charge in [0, 0.05) is 11.3 Å². The molecule has 0 spiro atoms. The molecule has 0 unspecified atom stereocenters. The fourth-order valence-corrected chi connectivity index (χ4v) is 0.751. The molecule has 0 aliphatic heterocycles. The van der Waals surface area contributed by atoms with Crippen LogP contribution in [0.15, 0.2) is 29.4 Å². The largest absolute Gasteiger partial charge is 0.399 e. The summed E-state index contributed by atoms with van der Waals surface area (Å²) in [5, 5.41) is 11.1. The summed E-state index contributed by atoms with van der Waals surface area (Å²) in [5.41, 5.74) is 12.1. The first-order valence-corrected chi connectivity index (χ1v) is 3.24. The third-order valence-electron chi connectivity index (χ3n) is 1.35. The lowest BCUT2D eigenvalue weighted by atomic mass is 10.2. The minimum atomic E-state index is 0.0949. The number of nitrogen functional groups attached to an aromatic ring is 1. The summed E-state index contributed by atoms with van der Waals surface area (Å²) in [6, 6.07) is 6.70. The van der Waals surface area contributed by atoms with Crippen molar-refractivity contribution in [2.24, 2.45) is 10.9 Å². The van der Waals surface area contributed by atoms with Gasteiger partial charge in [-0.25, -0.2) is 4.99 Å². The van der Waals surface area contributed by atoms with Crippen LogP contribution in [0.25, 0.3) is 0 Å². The molecule has 64 valence electrons. The summed E-state index contributed by atoms with van der Waals surface area (Å²) in [6.07, 6.45) is 0. The first-order valence-electron chi connectivity index (χ1n) is 3.24.